The molecule has 2 atom stereocenters. The van der Waals surface area contributed by atoms with Crippen molar-refractivity contribution in [3.8, 4) is 0 Å². The zero-order valence-corrected chi connectivity index (χ0v) is 7.58. The van der Waals surface area contributed by atoms with Gasteiger partial charge in [-0.2, -0.15) is 0 Å². The molecular weight excluding hydrogens is 152 g/mol. The third-order valence-electron chi connectivity index (χ3n) is 3.23. The van der Waals surface area contributed by atoms with Gasteiger partial charge < -0.3 is 4.74 Å². The van der Waals surface area contributed by atoms with Gasteiger partial charge in [0.25, 0.3) is 0 Å². The van der Waals surface area contributed by atoms with Crippen LogP contribution < -0.4 is 0 Å². The molecular formula is C10H16O2. The molecule has 1 heterocycles. The lowest BCUT2D eigenvalue weighted by molar-refractivity contribution is -0.190. The Morgan fingerprint density at radius 2 is 1.92 bits per heavy atom. The van der Waals surface area contributed by atoms with Gasteiger partial charge in [0.15, 0.2) is 0 Å². The molecule has 0 radical (unpaired) electrons. The Labute approximate surface area is 73.3 Å². The Balaban J connectivity index is 1.88. The summed E-state index contributed by atoms with van der Waals surface area (Å²) in [6.45, 7) is 1.99. The monoisotopic (exact) mass is 168 g/mol. The fourth-order valence-corrected chi connectivity index (χ4v) is 2.37. The second-order valence-corrected chi connectivity index (χ2v) is 4.09. The van der Waals surface area contributed by atoms with Gasteiger partial charge in [0.1, 0.15) is 6.10 Å². The van der Waals surface area contributed by atoms with Crippen LogP contribution in [0, 0.1) is 11.8 Å². The number of carbonyl (C=O) groups is 1. The summed E-state index contributed by atoms with van der Waals surface area (Å²) in [7, 11) is 0. The van der Waals surface area contributed by atoms with Crippen LogP contribution in [0.1, 0.15) is 39.0 Å². The van der Waals surface area contributed by atoms with E-state index in [0.29, 0.717) is 5.92 Å². The van der Waals surface area contributed by atoms with Gasteiger partial charge in [0, 0.05) is 0 Å². The molecule has 2 fully saturated rings. The van der Waals surface area contributed by atoms with E-state index in [-0.39, 0.29) is 18.0 Å². The number of esters is 1. The molecule has 1 aliphatic carbocycles. The number of ether oxygens (including phenoxy) is 1. The summed E-state index contributed by atoms with van der Waals surface area (Å²) in [5.74, 6) is 0.852. The second kappa shape index (κ2) is 3.08. The minimum Gasteiger partial charge on any atom is -0.461 e. The van der Waals surface area contributed by atoms with Gasteiger partial charge in [-0.1, -0.05) is 19.3 Å². The minimum absolute atomic E-state index is 0.00516. The first-order valence-electron chi connectivity index (χ1n) is 4.99. The summed E-state index contributed by atoms with van der Waals surface area (Å²) in [6, 6.07) is 0. The topological polar surface area (TPSA) is 26.3 Å². The van der Waals surface area contributed by atoms with E-state index in [9.17, 15) is 4.79 Å². The van der Waals surface area contributed by atoms with Crippen LogP contribution in [0.2, 0.25) is 0 Å². The van der Waals surface area contributed by atoms with E-state index in [0.717, 1.165) is 0 Å². The van der Waals surface area contributed by atoms with Gasteiger partial charge in [0.2, 0.25) is 0 Å². The summed E-state index contributed by atoms with van der Waals surface area (Å²) in [4.78, 5) is 10.9. The number of cyclic esters (lactones) is 1. The maximum Gasteiger partial charge on any atom is 0.312 e. The summed E-state index contributed by atoms with van der Waals surface area (Å²) in [5, 5.41) is 0. The predicted molar refractivity (Wildman–Crippen MR) is 45.6 cm³/mol. The number of hydrogen-bond acceptors (Lipinski definition) is 2. The molecule has 0 unspecified atom stereocenters. The average Bonchev–Trinajstić information content (AvgIpc) is 2.15. The van der Waals surface area contributed by atoms with Crippen LogP contribution >= 0.6 is 0 Å². The van der Waals surface area contributed by atoms with Crippen LogP contribution in [0.3, 0.4) is 0 Å². The van der Waals surface area contributed by atoms with Crippen molar-refractivity contribution in [2.24, 2.45) is 11.8 Å². The first-order valence-corrected chi connectivity index (χ1v) is 4.99. The Kier molecular flexibility index (Phi) is 2.07. The molecule has 1 saturated carbocycles. The normalized spacial score (nSPS) is 37.2. The van der Waals surface area contributed by atoms with Crippen molar-refractivity contribution in [1.29, 1.82) is 0 Å². The molecule has 1 saturated heterocycles. The molecule has 2 rings (SSSR count). The maximum absolute atomic E-state index is 10.9. The quantitative estimate of drug-likeness (QED) is 0.561. The fraction of sp³-hybridized carbons (Fsp3) is 0.900. The average molecular weight is 168 g/mol. The molecule has 0 spiro atoms. The highest BCUT2D eigenvalue weighted by Crippen LogP contribution is 2.36. The van der Waals surface area contributed by atoms with E-state index in [4.69, 9.17) is 4.74 Å². The van der Waals surface area contributed by atoms with Crippen LogP contribution in [0.15, 0.2) is 0 Å². The third kappa shape index (κ3) is 1.23. The third-order valence-corrected chi connectivity index (χ3v) is 3.23. The lowest BCUT2D eigenvalue weighted by atomic mass is 9.78. The Hall–Kier alpha value is -0.530. The van der Waals surface area contributed by atoms with Crippen LogP contribution in [-0.4, -0.2) is 12.1 Å². The molecule has 0 aromatic heterocycles. The molecule has 0 aromatic rings. The van der Waals surface area contributed by atoms with Crippen molar-refractivity contribution >= 4 is 5.97 Å². The molecule has 2 aliphatic rings. The molecule has 1 aliphatic heterocycles. The standard InChI is InChI=1S/C10H16O2/c1-7-9(12-10(7)11)8-5-3-2-4-6-8/h7-9H,2-6H2,1H3/t7-,9+/m1/s1. The summed E-state index contributed by atoms with van der Waals surface area (Å²) in [6.07, 6.45) is 6.81. The highest BCUT2D eigenvalue weighted by molar-refractivity contribution is 5.78. The van der Waals surface area contributed by atoms with Crippen LogP contribution in [0.5, 0.6) is 0 Å². The fourth-order valence-electron chi connectivity index (χ4n) is 2.37. The van der Waals surface area contributed by atoms with Crippen LogP contribution in [0.4, 0.5) is 0 Å². The van der Waals surface area contributed by atoms with Crippen molar-refractivity contribution < 1.29 is 9.53 Å². The summed E-state index contributed by atoms with van der Waals surface area (Å²) < 4.78 is 5.15. The predicted octanol–water partition coefficient (Wildman–Crippen LogP) is 2.13. The van der Waals surface area contributed by atoms with E-state index in [2.05, 4.69) is 0 Å². The van der Waals surface area contributed by atoms with E-state index in [1.807, 2.05) is 6.92 Å². The minimum atomic E-state index is 0.00516. The molecule has 0 aromatic carbocycles. The maximum atomic E-state index is 10.9. The number of carbonyl (C=O) groups excluding carboxylic acids is 1. The molecule has 2 heteroatoms. The van der Waals surface area contributed by atoms with E-state index >= 15 is 0 Å². The molecule has 0 bridgehead atoms. The van der Waals surface area contributed by atoms with Gasteiger partial charge in [0.05, 0.1) is 5.92 Å². The molecule has 68 valence electrons. The number of rotatable bonds is 1. The molecule has 0 N–H and O–H groups in total. The lowest BCUT2D eigenvalue weighted by Gasteiger charge is -2.40. The van der Waals surface area contributed by atoms with Crippen LogP contribution in [-0.2, 0) is 9.53 Å². The van der Waals surface area contributed by atoms with Gasteiger partial charge in [-0.05, 0) is 25.7 Å². The SMILES string of the molecule is C[C@H]1C(=O)O[C@@H]1C1CCCCC1. The van der Waals surface area contributed by atoms with Gasteiger partial charge in [-0.15, -0.1) is 0 Å². The van der Waals surface area contributed by atoms with E-state index < -0.39 is 0 Å². The van der Waals surface area contributed by atoms with Gasteiger partial charge in [-0.3, -0.25) is 4.79 Å². The van der Waals surface area contributed by atoms with E-state index in [1.165, 1.54) is 32.1 Å². The first-order chi connectivity index (χ1) is 5.79. The largest absolute Gasteiger partial charge is 0.461 e. The van der Waals surface area contributed by atoms with Crippen molar-refractivity contribution in [1.82, 2.24) is 0 Å². The molecule has 2 nitrogen and oxygen atoms in total. The van der Waals surface area contributed by atoms with Gasteiger partial charge in [-0.25, -0.2) is 0 Å². The molecule has 12 heavy (non-hydrogen) atoms. The van der Waals surface area contributed by atoms with Crippen LogP contribution in [0.25, 0.3) is 0 Å². The summed E-state index contributed by atoms with van der Waals surface area (Å²) in [5.41, 5.74) is 0. The second-order valence-electron chi connectivity index (χ2n) is 4.09. The Morgan fingerprint density at radius 3 is 2.42 bits per heavy atom. The highest BCUT2D eigenvalue weighted by Gasteiger charge is 2.43. The molecule has 0 amide bonds. The van der Waals surface area contributed by atoms with Crippen molar-refractivity contribution in [3.05, 3.63) is 0 Å². The summed E-state index contributed by atoms with van der Waals surface area (Å²) >= 11 is 0. The lowest BCUT2D eigenvalue weighted by Crippen LogP contribution is -2.48. The van der Waals surface area contributed by atoms with E-state index in [1.54, 1.807) is 0 Å². The van der Waals surface area contributed by atoms with Crippen molar-refractivity contribution in [2.75, 3.05) is 0 Å². The Bertz CT molecular complexity index is 182. The van der Waals surface area contributed by atoms with Crippen molar-refractivity contribution in [2.45, 2.75) is 45.1 Å². The first kappa shape index (κ1) is 8.09. The number of hydrogen-bond donors (Lipinski definition) is 0. The zero-order valence-electron chi connectivity index (χ0n) is 7.58. The Morgan fingerprint density at radius 1 is 1.25 bits per heavy atom. The smallest absolute Gasteiger partial charge is 0.312 e. The van der Waals surface area contributed by atoms with Crippen molar-refractivity contribution in [3.63, 3.8) is 0 Å². The van der Waals surface area contributed by atoms with Gasteiger partial charge >= 0.3 is 5.97 Å². The highest BCUT2D eigenvalue weighted by atomic mass is 16.6. The zero-order chi connectivity index (χ0) is 8.55.